The zero-order chi connectivity index (χ0) is 13.3. The molecule has 0 saturated heterocycles. The molecule has 0 spiro atoms. The number of nitriles is 1. The molecule has 0 fully saturated rings. The Labute approximate surface area is 106 Å². The number of anilines is 1. The summed E-state index contributed by atoms with van der Waals surface area (Å²) < 4.78 is 4.84. The largest absolute Gasteiger partial charge is 0.468 e. The Hall–Kier alpha value is -2.28. The third-order valence-electron chi connectivity index (χ3n) is 3.30. The molecule has 1 aromatic rings. The molecule has 2 atom stereocenters. The lowest BCUT2D eigenvalue weighted by Crippen LogP contribution is -2.33. The van der Waals surface area contributed by atoms with Gasteiger partial charge in [0, 0.05) is 11.7 Å². The molecule has 0 bridgehead atoms. The topological polar surface area (TPSA) is 53.3 Å². The van der Waals surface area contributed by atoms with E-state index in [0.717, 1.165) is 11.3 Å². The Morgan fingerprint density at radius 2 is 2.17 bits per heavy atom. The molecule has 0 aromatic heterocycles. The van der Waals surface area contributed by atoms with Crippen molar-refractivity contribution in [2.45, 2.75) is 18.9 Å². The number of benzene rings is 1. The van der Waals surface area contributed by atoms with Gasteiger partial charge < -0.3 is 9.64 Å². The maximum Gasteiger partial charge on any atom is 0.315 e. The van der Waals surface area contributed by atoms with E-state index in [1.54, 1.807) is 4.90 Å². The van der Waals surface area contributed by atoms with E-state index in [9.17, 15) is 4.79 Å². The molecule has 0 amide bonds. The van der Waals surface area contributed by atoms with Gasteiger partial charge in [0.1, 0.15) is 17.7 Å². The lowest BCUT2D eigenvalue weighted by atomic mass is 9.96. The van der Waals surface area contributed by atoms with Crippen LogP contribution in [-0.2, 0) is 9.53 Å². The SMILES string of the molecule is C=C(C#N)N1c2ccccc2C(C(=O)OC)C1C. The van der Waals surface area contributed by atoms with Gasteiger partial charge in [0.15, 0.2) is 0 Å². The van der Waals surface area contributed by atoms with E-state index in [0.29, 0.717) is 5.70 Å². The summed E-state index contributed by atoms with van der Waals surface area (Å²) >= 11 is 0. The first-order valence-corrected chi connectivity index (χ1v) is 5.66. The minimum Gasteiger partial charge on any atom is -0.468 e. The lowest BCUT2D eigenvalue weighted by molar-refractivity contribution is -0.142. The number of nitrogens with zero attached hydrogens (tertiary/aromatic N) is 2. The van der Waals surface area contributed by atoms with Gasteiger partial charge in [0.05, 0.1) is 7.11 Å². The Balaban J connectivity index is 2.54. The van der Waals surface area contributed by atoms with Crippen LogP contribution in [0.5, 0.6) is 0 Å². The maximum atomic E-state index is 11.9. The number of hydrogen-bond acceptors (Lipinski definition) is 4. The Morgan fingerprint density at radius 1 is 1.50 bits per heavy atom. The second-order valence-corrected chi connectivity index (χ2v) is 4.23. The van der Waals surface area contributed by atoms with Gasteiger partial charge in [-0.1, -0.05) is 24.8 Å². The highest BCUT2D eigenvalue weighted by Gasteiger charge is 2.41. The molecule has 4 heteroatoms. The maximum absolute atomic E-state index is 11.9. The normalized spacial score (nSPS) is 21.1. The number of allylic oxidation sites excluding steroid dienone is 1. The second kappa shape index (κ2) is 4.53. The number of para-hydroxylation sites is 1. The van der Waals surface area contributed by atoms with Crippen LogP contribution in [0.2, 0.25) is 0 Å². The molecular weight excluding hydrogens is 228 g/mol. The van der Waals surface area contributed by atoms with Crippen LogP contribution in [-0.4, -0.2) is 19.1 Å². The smallest absolute Gasteiger partial charge is 0.315 e. The van der Waals surface area contributed by atoms with Crippen molar-refractivity contribution in [2.24, 2.45) is 0 Å². The molecule has 1 aromatic carbocycles. The molecule has 1 heterocycles. The van der Waals surface area contributed by atoms with E-state index >= 15 is 0 Å². The molecule has 0 N–H and O–H groups in total. The van der Waals surface area contributed by atoms with Crippen molar-refractivity contribution in [3.05, 3.63) is 42.1 Å². The fraction of sp³-hybridized carbons (Fsp3) is 0.286. The Morgan fingerprint density at radius 3 is 2.78 bits per heavy atom. The van der Waals surface area contributed by atoms with Crippen LogP contribution < -0.4 is 4.90 Å². The van der Waals surface area contributed by atoms with E-state index < -0.39 is 0 Å². The second-order valence-electron chi connectivity index (χ2n) is 4.23. The van der Waals surface area contributed by atoms with Crippen LogP contribution in [0.3, 0.4) is 0 Å². The molecule has 1 aliphatic rings. The number of carbonyl (C=O) groups is 1. The number of hydrogen-bond donors (Lipinski definition) is 0. The van der Waals surface area contributed by atoms with Crippen molar-refractivity contribution in [3.8, 4) is 6.07 Å². The Kier molecular flexibility index (Phi) is 3.07. The molecule has 2 unspecified atom stereocenters. The van der Waals surface area contributed by atoms with E-state index in [2.05, 4.69) is 6.58 Å². The van der Waals surface area contributed by atoms with Gasteiger partial charge in [-0.25, -0.2) is 0 Å². The van der Waals surface area contributed by atoms with E-state index in [1.807, 2.05) is 37.3 Å². The quantitative estimate of drug-likeness (QED) is 0.589. The lowest BCUT2D eigenvalue weighted by Gasteiger charge is -2.24. The molecule has 2 rings (SSSR count). The monoisotopic (exact) mass is 242 g/mol. The molecule has 92 valence electrons. The number of carbonyl (C=O) groups excluding carboxylic acids is 1. The Bertz CT molecular complexity index is 545. The van der Waals surface area contributed by atoms with Crippen molar-refractivity contribution in [1.82, 2.24) is 0 Å². The van der Waals surface area contributed by atoms with Gasteiger partial charge >= 0.3 is 5.97 Å². The molecule has 4 nitrogen and oxygen atoms in total. The summed E-state index contributed by atoms with van der Waals surface area (Å²) in [7, 11) is 1.37. The van der Waals surface area contributed by atoms with Crippen LogP contribution in [0, 0.1) is 11.3 Å². The predicted molar refractivity (Wildman–Crippen MR) is 67.9 cm³/mol. The fourth-order valence-corrected chi connectivity index (χ4v) is 2.49. The average Bonchev–Trinajstić information content (AvgIpc) is 2.69. The standard InChI is InChI=1S/C14H14N2O2/c1-9(8-15)16-10(2)13(14(17)18-3)11-6-4-5-7-12(11)16/h4-7,10,13H,1H2,2-3H3. The number of methoxy groups -OCH3 is 1. The van der Waals surface area contributed by atoms with Crippen molar-refractivity contribution in [1.29, 1.82) is 5.26 Å². The molecule has 0 aliphatic carbocycles. The van der Waals surface area contributed by atoms with Crippen LogP contribution in [0.25, 0.3) is 0 Å². The van der Waals surface area contributed by atoms with E-state index in [1.165, 1.54) is 7.11 Å². The molecule has 18 heavy (non-hydrogen) atoms. The summed E-state index contributed by atoms with van der Waals surface area (Å²) in [6.45, 7) is 5.63. The van der Waals surface area contributed by atoms with Gasteiger partial charge in [0.25, 0.3) is 0 Å². The zero-order valence-electron chi connectivity index (χ0n) is 10.4. The van der Waals surface area contributed by atoms with Gasteiger partial charge in [-0.2, -0.15) is 5.26 Å². The van der Waals surface area contributed by atoms with Crippen molar-refractivity contribution in [2.75, 3.05) is 12.0 Å². The van der Waals surface area contributed by atoms with Crippen molar-refractivity contribution >= 4 is 11.7 Å². The summed E-state index contributed by atoms with van der Waals surface area (Å²) in [6.07, 6.45) is 0. The van der Waals surface area contributed by atoms with Gasteiger partial charge in [-0.05, 0) is 18.6 Å². The number of fused-ring (bicyclic) bond motifs is 1. The summed E-state index contributed by atoms with van der Waals surface area (Å²) in [4.78, 5) is 13.7. The highest BCUT2D eigenvalue weighted by Crippen LogP contribution is 2.42. The third-order valence-corrected chi connectivity index (χ3v) is 3.30. The summed E-state index contributed by atoms with van der Waals surface area (Å²) in [6, 6.07) is 9.40. The van der Waals surface area contributed by atoms with Gasteiger partial charge in [-0.15, -0.1) is 0 Å². The molecular formula is C14H14N2O2. The first kappa shape index (κ1) is 12.2. The average molecular weight is 242 g/mol. The van der Waals surface area contributed by atoms with Gasteiger partial charge in [-0.3, -0.25) is 4.79 Å². The highest BCUT2D eigenvalue weighted by atomic mass is 16.5. The zero-order valence-corrected chi connectivity index (χ0v) is 10.4. The highest BCUT2D eigenvalue weighted by molar-refractivity contribution is 5.86. The summed E-state index contributed by atoms with van der Waals surface area (Å²) in [5.74, 6) is -0.667. The predicted octanol–water partition coefficient (Wildman–Crippen LogP) is 2.19. The number of rotatable bonds is 2. The first-order chi connectivity index (χ1) is 8.61. The summed E-state index contributed by atoms with van der Waals surface area (Å²) in [5, 5.41) is 9.01. The molecule has 0 saturated carbocycles. The van der Waals surface area contributed by atoms with Crippen LogP contribution in [0.1, 0.15) is 18.4 Å². The van der Waals surface area contributed by atoms with Crippen LogP contribution >= 0.6 is 0 Å². The van der Waals surface area contributed by atoms with Gasteiger partial charge in [0.2, 0.25) is 0 Å². The molecule has 1 aliphatic heterocycles. The van der Waals surface area contributed by atoms with Crippen LogP contribution in [0.4, 0.5) is 5.69 Å². The van der Waals surface area contributed by atoms with E-state index in [-0.39, 0.29) is 17.9 Å². The number of esters is 1. The third kappa shape index (κ3) is 1.65. The number of ether oxygens (including phenoxy) is 1. The van der Waals surface area contributed by atoms with Crippen molar-refractivity contribution in [3.63, 3.8) is 0 Å². The van der Waals surface area contributed by atoms with Crippen LogP contribution in [0.15, 0.2) is 36.5 Å². The first-order valence-electron chi connectivity index (χ1n) is 5.66. The molecule has 0 radical (unpaired) electrons. The van der Waals surface area contributed by atoms with Crippen molar-refractivity contribution < 1.29 is 9.53 Å². The fourth-order valence-electron chi connectivity index (χ4n) is 2.49. The summed E-state index contributed by atoms with van der Waals surface area (Å²) in [5.41, 5.74) is 2.07. The minimum atomic E-state index is -0.378. The minimum absolute atomic E-state index is 0.165. The van der Waals surface area contributed by atoms with E-state index in [4.69, 9.17) is 10.00 Å².